The van der Waals surface area contributed by atoms with Crippen LogP contribution in [0.3, 0.4) is 0 Å². The summed E-state index contributed by atoms with van der Waals surface area (Å²) in [7, 11) is 0. The van der Waals surface area contributed by atoms with Crippen LogP contribution in [0.15, 0.2) is 79.1 Å². The first-order chi connectivity index (χ1) is 14.0. The van der Waals surface area contributed by atoms with Crippen LogP contribution in [0.2, 0.25) is 5.02 Å². The van der Waals surface area contributed by atoms with Crippen molar-refractivity contribution in [1.29, 1.82) is 0 Å². The molecule has 0 spiro atoms. The number of nitrogens with zero attached hydrogens (tertiary/aromatic N) is 2. The molecule has 0 saturated carbocycles. The van der Waals surface area contributed by atoms with Crippen molar-refractivity contribution < 1.29 is 9.90 Å². The summed E-state index contributed by atoms with van der Waals surface area (Å²) >= 11 is 5.97. The van der Waals surface area contributed by atoms with E-state index in [2.05, 4.69) is 16.7 Å². The molecule has 0 bridgehead atoms. The predicted molar refractivity (Wildman–Crippen MR) is 115 cm³/mol. The van der Waals surface area contributed by atoms with E-state index >= 15 is 0 Å². The van der Waals surface area contributed by atoms with Gasteiger partial charge in [-0.3, -0.25) is 4.79 Å². The van der Waals surface area contributed by atoms with Gasteiger partial charge in [-0.2, -0.15) is 0 Å². The molecule has 4 rings (SSSR count). The monoisotopic (exact) mass is 408 g/mol. The van der Waals surface area contributed by atoms with Crippen molar-refractivity contribution in [1.82, 2.24) is 9.47 Å². The van der Waals surface area contributed by atoms with Gasteiger partial charge in [0.15, 0.2) is 0 Å². The normalized spacial score (nSPS) is 17.1. The number of piperidine rings is 1. The fourth-order valence-electron chi connectivity index (χ4n) is 4.10. The second-order valence-corrected chi connectivity index (χ2v) is 8.12. The summed E-state index contributed by atoms with van der Waals surface area (Å²) in [6.45, 7) is 1.09. The first-order valence-corrected chi connectivity index (χ1v) is 10.4. The molecule has 1 fully saturated rings. The summed E-state index contributed by atoms with van der Waals surface area (Å²) in [5.74, 6) is 0.116. The van der Waals surface area contributed by atoms with E-state index in [-0.39, 0.29) is 11.9 Å². The Kier molecular flexibility index (Phi) is 5.74. The highest BCUT2D eigenvalue weighted by Crippen LogP contribution is 2.34. The summed E-state index contributed by atoms with van der Waals surface area (Å²) in [5.41, 5.74) is 1.08. The van der Waals surface area contributed by atoms with E-state index in [4.69, 9.17) is 11.6 Å². The molecule has 29 heavy (non-hydrogen) atoms. The van der Waals surface area contributed by atoms with E-state index in [0.717, 1.165) is 11.1 Å². The minimum Gasteiger partial charge on any atom is -0.385 e. The van der Waals surface area contributed by atoms with Gasteiger partial charge < -0.3 is 14.6 Å². The average Bonchev–Trinajstić information content (AvgIpc) is 3.28. The number of likely N-dealkylation sites (tertiary alicyclic amines) is 1. The maximum atomic E-state index is 13.1. The molecule has 3 aromatic rings. The fourth-order valence-corrected chi connectivity index (χ4v) is 4.22. The zero-order valence-electron chi connectivity index (χ0n) is 16.2. The largest absolute Gasteiger partial charge is 0.385 e. The van der Waals surface area contributed by atoms with E-state index in [9.17, 15) is 9.90 Å². The number of halogens is 1. The number of carbonyl (C=O) groups is 1. The van der Waals surface area contributed by atoms with Crippen molar-refractivity contribution in [3.05, 3.63) is 95.3 Å². The van der Waals surface area contributed by atoms with Crippen molar-refractivity contribution in [3.8, 4) is 0 Å². The van der Waals surface area contributed by atoms with E-state index < -0.39 is 5.60 Å². The number of aromatic nitrogens is 1. The van der Waals surface area contributed by atoms with Crippen LogP contribution in [0.5, 0.6) is 0 Å². The summed E-state index contributed by atoms with van der Waals surface area (Å²) in [4.78, 5) is 15.0. The molecule has 0 radical (unpaired) electrons. The molecule has 1 amide bonds. The molecule has 0 aliphatic carbocycles. The summed E-state index contributed by atoms with van der Waals surface area (Å²) in [5, 5.41) is 11.7. The van der Waals surface area contributed by atoms with Crippen LogP contribution in [-0.2, 0) is 10.4 Å². The minimum atomic E-state index is -0.902. The van der Waals surface area contributed by atoms with Crippen LogP contribution in [0.25, 0.3) is 0 Å². The maximum absolute atomic E-state index is 13.1. The fraction of sp³-hybridized carbons (Fsp3) is 0.292. The number of amides is 1. The van der Waals surface area contributed by atoms with Crippen LogP contribution in [-0.4, -0.2) is 33.6 Å². The van der Waals surface area contributed by atoms with Gasteiger partial charge in [0.25, 0.3) is 0 Å². The van der Waals surface area contributed by atoms with Gasteiger partial charge >= 0.3 is 0 Å². The Bertz CT molecular complexity index is 931. The zero-order valence-corrected chi connectivity index (χ0v) is 17.0. The zero-order chi connectivity index (χ0) is 20.3. The van der Waals surface area contributed by atoms with Gasteiger partial charge in [-0.05, 0) is 48.2 Å². The van der Waals surface area contributed by atoms with Crippen molar-refractivity contribution >= 4 is 17.5 Å². The van der Waals surface area contributed by atoms with Crippen LogP contribution in [0, 0.1) is 0 Å². The standard InChI is InChI=1S/C24H25ClN2O2/c25-21-10-8-20(9-11-21)24(29)12-16-27(17-13-24)23(28)18-22(26-14-4-5-15-26)19-6-2-1-3-7-19/h1-11,14-15,22,29H,12-13,16-18H2/t22-/m1/s1. The topological polar surface area (TPSA) is 45.5 Å². The van der Waals surface area contributed by atoms with Gasteiger partial charge in [0.05, 0.1) is 18.1 Å². The van der Waals surface area contributed by atoms with Crippen LogP contribution < -0.4 is 0 Å². The van der Waals surface area contributed by atoms with E-state index in [1.165, 1.54) is 0 Å². The highest BCUT2D eigenvalue weighted by Gasteiger charge is 2.35. The predicted octanol–water partition coefficient (Wildman–Crippen LogP) is 4.63. The van der Waals surface area contributed by atoms with Gasteiger partial charge in [-0.1, -0.05) is 54.1 Å². The van der Waals surface area contributed by atoms with Gasteiger partial charge in [0.1, 0.15) is 0 Å². The van der Waals surface area contributed by atoms with E-state index in [1.54, 1.807) is 12.1 Å². The number of hydrogen-bond donors (Lipinski definition) is 1. The van der Waals surface area contributed by atoms with Crippen molar-refractivity contribution in [3.63, 3.8) is 0 Å². The van der Waals surface area contributed by atoms with Crippen molar-refractivity contribution in [2.45, 2.75) is 30.9 Å². The van der Waals surface area contributed by atoms with E-state index in [0.29, 0.717) is 37.4 Å². The lowest BCUT2D eigenvalue weighted by Crippen LogP contribution is -2.45. The van der Waals surface area contributed by atoms with Gasteiger partial charge in [0, 0.05) is 30.5 Å². The second kappa shape index (κ2) is 8.44. The molecule has 1 aliphatic rings. The first kappa shape index (κ1) is 19.7. The number of benzene rings is 2. The molecule has 1 atom stereocenters. The third-order valence-electron chi connectivity index (χ3n) is 5.86. The minimum absolute atomic E-state index is 0.0317. The lowest BCUT2D eigenvalue weighted by atomic mass is 9.84. The Balaban J connectivity index is 1.44. The molecule has 1 aromatic heterocycles. The Morgan fingerprint density at radius 1 is 0.966 bits per heavy atom. The van der Waals surface area contributed by atoms with Crippen molar-refractivity contribution in [2.24, 2.45) is 0 Å². The molecule has 150 valence electrons. The second-order valence-electron chi connectivity index (χ2n) is 7.68. The smallest absolute Gasteiger partial charge is 0.225 e. The lowest BCUT2D eigenvalue weighted by Gasteiger charge is -2.39. The van der Waals surface area contributed by atoms with E-state index in [1.807, 2.05) is 59.8 Å². The van der Waals surface area contributed by atoms with Crippen LogP contribution in [0.4, 0.5) is 0 Å². The average molecular weight is 409 g/mol. The highest BCUT2D eigenvalue weighted by atomic mass is 35.5. The molecule has 1 aliphatic heterocycles. The quantitative estimate of drug-likeness (QED) is 0.668. The Morgan fingerprint density at radius 3 is 2.21 bits per heavy atom. The number of hydrogen-bond acceptors (Lipinski definition) is 2. The lowest BCUT2D eigenvalue weighted by molar-refractivity contribution is -0.136. The SMILES string of the molecule is O=C(C[C@H](c1ccccc1)n1cccc1)N1CCC(O)(c2ccc(Cl)cc2)CC1. The van der Waals surface area contributed by atoms with Gasteiger partial charge in [-0.15, -0.1) is 0 Å². The van der Waals surface area contributed by atoms with Gasteiger partial charge in [0.2, 0.25) is 5.91 Å². The van der Waals surface area contributed by atoms with Crippen LogP contribution in [0.1, 0.15) is 36.4 Å². The molecular weight excluding hydrogens is 384 g/mol. The summed E-state index contributed by atoms with van der Waals surface area (Å²) < 4.78 is 2.08. The summed E-state index contributed by atoms with van der Waals surface area (Å²) in [6.07, 6.45) is 5.46. The molecule has 1 saturated heterocycles. The molecule has 1 N–H and O–H groups in total. The molecule has 2 heterocycles. The highest BCUT2D eigenvalue weighted by molar-refractivity contribution is 6.30. The number of carbonyl (C=O) groups excluding carboxylic acids is 1. The summed E-state index contributed by atoms with van der Waals surface area (Å²) in [6, 6.07) is 21.4. The van der Waals surface area contributed by atoms with Crippen molar-refractivity contribution in [2.75, 3.05) is 13.1 Å². The third-order valence-corrected chi connectivity index (χ3v) is 6.12. The maximum Gasteiger partial charge on any atom is 0.225 e. The Hall–Kier alpha value is -2.56. The third kappa shape index (κ3) is 4.39. The first-order valence-electron chi connectivity index (χ1n) is 9.99. The van der Waals surface area contributed by atoms with Crippen LogP contribution >= 0.6 is 11.6 Å². The Morgan fingerprint density at radius 2 is 1.59 bits per heavy atom. The molecule has 0 unspecified atom stereocenters. The number of rotatable bonds is 5. The molecule has 2 aromatic carbocycles. The number of aliphatic hydroxyl groups is 1. The Labute approximate surface area is 176 Å². The molecule has 4 nitrogen and oxygen atoms in total. The molecular formula is C24H25ClN2O2. The van der Waals surface area contributed by atoms with Gasteiger partial charge in [-0.25, -0.2) is 0 Å². The molecule has 5 heteroatoms.